The molecule has 52 heavy (non-hydrogen) atoms. The molecule has 0 bridgehead atoms. The highest BCUT2D eigenvalue weighted by atomic mass is 16.3. The van der Waals surface area contributed by atoms with Gasteiger partial charge in [0.25, 0.3) is 0 Å². The van der Waals surface area contributed by atoms with Crippen molar-refractivity contribution in [3.05, 3.63) is 168 Å². The first-order valence-electron chi connectivity index (χ1n) is 18.2. The van der Waals surface area contributed by atoms with Crippen LogP contribution in [-0.4, -0.2) is 9.97 Å². The monoisotopic (exact) mass is 666 g/mol. The van der Waals surface area contributed by atoms with E-state index in [9.17, 15) is 0 Å². The summed E-state index contributed by atoms with van der Waals surface area (Å²) in [6.07, 6.45) is 6.41. The Morgan fingerprint density at radius 1 is 0.558 bits per heavy atom. The molecular formula is C49H34N2O. The second-order valence-corrected chi connectivity index (χ2v) is 14.8. The molecule has 9 aromatic rings. The number of benzene rings is 7. The summed E-state index contributed by atoms with van der Waals surface area (Å²) in [6.45, 7) is 4.77. The molecule has 2 aliphatic rings. The normalized spacial score (nSPS) is 15.2. The number of hydrogen-bond acceptors (Lipinski definition) is 3. The van der Waals surface area contributed by atoms with Crippen molar-refractivity contribution < 1.29 is 4.42 Å². The third-order valence-corrected chi connectivity index (χ3v) is 11.7. The number of hydrogen-bond donors (Lipinski definition) is 0. The summed E-state index contributed by atoms with van der Waals surface area (Å²) in [5.74, 6) is 0. The molecule has 0 radical (unpaired) electrons. The van der Waals surface area contributed by atoms with Gasteiger partial charge in [0.15, 0.2) is 0 Å². The topological polar surface area (TPSA) is 38.9 Å². The highest BCUT2D eigenvalue weighted by Gasteiger charge is 2.38. The fourth-order valence-electron chi connectivity index (χ4n) is 9.02. The fraction of sp³-hybridized carbons (Fsp3) is 0.102. The van der Waals surface area contributed by atoms with Crippen molar-refractivity contribution >= 4 is 65.7 Å². The first kappa shape index (κ1) is 29.4. The molecule has 0 saturated carbocycles. The van der Waals surface area contributed by atoms with Gasteiger partial charge in [0.1, 0.15) is 11.2 Å². The lowest BCUT2D eigenvalue weighted by molar-refractivity contribution is 0.651. The molecule has 0 aliphatic heterocycles. The summed E-state index contributed by atoms with van der Waals surface area (Å²) < 4.78 is 6.45. The molecule has 0 atom stereocenters. The lowest BCUT2D eigenvalue weighted by Gasteiger charge is -2.26. The third kappa shape index (κ3) is 4.20. The van der Waals surface area contributed by atoms with Crippen molar-refractivity contribution in [2.75, 3.05) is 0 Å². The minimum atomic E-state index is -0.109. The molecule has 0 amide bonds. The maximum absolute atomic E-state index is 6.45. The predicted octanol–water partition coefficient (Wildman–Crippen LogP) is 13.1. The van der Waals surface area contributed by atoms with E-state index in [1.807, 2.05) is 12.3 Å². The Labute approximate surface area is 301 Å². The molecule has 2 heterocycles. The zero-order chi connectivity index (χ0) is 34.6. The van der Waals surface area contributed by atoms with Crippen molar-refractivity contribution in [1.82, 2.24) is 9.97 Å². The van der Waals surface area contributed by atoms with Crippen LogP contribution in [0.1, 0.15) is 43.4 Å². The Morgan fingerprint density at radius 3 is 2.00 bits per heavy atom. The predicted molar refractivity (Wildman–Crippen MR) is 216 cm³/mol. The molecule has 11 rings (SSSR count). The number of rotatable bonds is 3. The molecule has 0 spiro atoms. The van der Waals surface area contributed by atoms with Crippen LogP contribution in [0, 0.1) is 0 Å². The first-order valence-corrected chi connectivity index (χ1v) is 18.2. The number of furan rings is 1. The van der Waals surface area contributed by atoms with Gasteiger partial charge >= 0.3 is 0 Å². The Kier molecular flexibility index (Phi) is 6.13. The summed E-state index contributed by atoms with van der Waals surface area (Å²) in [6, 6.07) is 47.8. The van der Waals surface area contributed by atoms with E-state index in [4.69, 9.17) is 14.4 Å². The Morgan fingerprint density at radius 2 is 1.21 bits per heavy atom. The quantitative estimate of drug-likeness (QED) is 0.176. The van der Waals surface area contributed by atoms with Gasteiger partial charge in [0, 0.05) is 38.1 Å². The molecule has 0 saturated heterocycles. The van der Waals surface area contributed by atoms with Crippen LogP contribution < -0.4 is 0 Å². The van der Waals surface area contributed by atoms with Gasteiger partial charge in [-0.25, -0.2) is 4.98 Å². The summed E-state index contributed by atoms with van der Waals surface area (Å²) in [5.41, 5.74) is 16.4. The van der Waals surface area contributed by atoms with Gasteiger partial charge in [0.2, 0.25) is 0 Å². The van der Waals surface area contributed by atoms with E-state index in [0.717, 1.165) is 57.1 Å². The van der Waals surface area contributed by atoms with Crippen molar-refractivity contribution in [3.8, 4) is 22.4 Å². The first-order chi connectivity index (χ1) is 25.5. The number of fused-ring (bicyclic) bond motifs is 11. The van der Waals surface area contributed by atoms with Crippen LogP contribution in [0.4, 0.5) is 0 Å². The molecule has 0 fully saturated rings. The van der Waals surface area contributed by atoms with Gasteiger partial charge in [-0.3, -0.25) is 4.98 Å². The number of allylic oxidation sites excluding steroid dienone is 4. The summed E-state index contributed by atoms with van der Waals surface area (Å²) in [4.78, 5) is 10.2. The molecule has 2 aliphatic carbocycles. The zero-order valence-electron chi connectivity index (χ0n) is 29.1. The highest BCUT2D eigenvalue weighted by molar-refractivity contribution is 6.23. The van der Waals surface area contributed by atoms with Gasteiger partial charge in [0.05, 0.1) is 22.9 Å². The zero-order valence-corrected chi connectivity index (χ0v) is 29.1. The Hall–Kier alpha value is -6.32. The number of aromatic nitrogens is 2. The average Bonchev–Trinajstić information content (AvgIpc) is 3.69. The molecule has 7 aromatic carbocycles. The van der Waals surface area contributed by atoms with E-state index in [1.165, 1.54) is 66.1 Å². The molecule has 246 valence electrons. The van der Waals surface area contributed by atoms with Gasteiger partial charge in [-0.2, -0.15) is 0 Å². The fourth-order valence-corrected chi connectivity index (χ4v) is 9.02. The lowest BCUT2D eigenvalue weighted by atomic mass is 9.77. The minimum Gasteiger partial charge on any atom is -0.455 e. The van der Waals surface area contributed by atoms with Crippen molar-refractivity contribution in [3.63, 3.8) is 0 Å². The second kappa shape index (κ2) is 10.8. The molecule has 2 aromatic heterocycles. The van der Waals surface area contributed by atoms with Crippen LogP contribution in [0.15, 0.2) is 156 Å². The van der Waals surface area contributed by atoms with E-state index in [-0.39, 0.29) is 5.41 Å². The van der Waals surface area contributed by atoms with Crippen molar-refractivity contribution in [2.24, 2.45) is 0 Å². The molecule has 3 heteroatoms. The van der Waals surface area contributed by atoms with Crippen LogP contribution in [0.3, 0.4) is 0 Å². The van der Waals surface area contributed by atoms with Crippen LogP contribution in [0.2, 0.25) is 0 Å². The van der Waals surface area contributed by atoms with Gasteiger partial charge in [-0.05, 0) is 74.7 Å². The maximum atomic E-state index is 6.45. The van der Waals surface area contributed by atoms with E-state index in [1.54, 1.807) is 0 Å². The van der Waals surface area contributed by atoms with E-state index >= 15 is 0 Å². The Balaban J connectivity index is 0.935. The molecule has 0 N–H and O–H groups in total. The largest absolute Gasteiger partial charge is 0.455 e. The molecule has 0 unspecified atom stereocenters. The molecule has 3 nitrogen and oxygen atoms in total. The SMILES string of the molecule is CC1(C)C2=C(CCC(c3cccc4c3oc3ccccc34)=C2)c2ccc(-c3ccc(-c4cnc5c6ccccc6c6ccccc6c5n4)cc3)cc21. The number of nitrogens with zero attached hydrogens (tertiary/aromatic N) is 2. The van der Waals surface area contributed by atoms with E-state index in [0.29, 0.717) is 0 Å². The van der Waals surface area contributed by atoms with E-state index < -0.39 is 0 Å². The summed E-state index contributed by atoms with van der Waals surface area (Å²) >= 11 is 0. The van der Waals surface area contributed by atoms with Gasteiger partial charge < -0.3 is 4.42 Å². The van der Waals surface area contributed by atoms with Crippen LogP contribution in [0.5, 0.6) is 0 Å². The third-order valence-electron chi connectivity index (χ3n) is 11.7. The minimum absolute atomic E-state index is 0.109. The van der Waals surface area contributed by atoms with Crippen LogP contribution in [0.25, 0.3) is 88.0 Å². The summed E-state index contributed by atoms with van der Waals surface area (Å²) in [5, 5.41) is 7.05. The van der Waals surface area contributed by atoms with E-state index in [2.05, 4.69) is 147 Å². The summed E-state index contributed by atoms with van der Waals surface area (Å²) in [7, 11) is 0. The second-order valence-electron chi connectivity index (χ2n) is 14.8. The van der Waals surface area contributed by atoms with Crippen molar-refractivity contribution in [2.45, 2.75) is 32.1 Å². The lowest BCUT2D eigenvalue weighted by Crippen LogP contribution is -2.17. The Bertz CT molecular complexity index is 2990. The van der Waals surface area contributed by atoms with Crippen LogP contribution >= 0.6 is 0 Å². The smallest absolute Gasteiger partial charge is 0.142 e. The van der Waals surface area contributed by atoms with Gasteiger partial charge in [-0.15, -0.1) is 0 Å². The van der Waals surface area contributed by atoms with Crippen LogP contribution in [-0.2, 0) is 5.41 Å². The molecular weight excluding hydrogens is 633 g/mol. The average molecular weight is 667 g/mol. The standard InChI is InChI=1S/C49H34N2O/c1-49(2)42-26-31(22-24-36(42)37-25-23-32(27-43(37)49)33-15-9-16-41-38-12-7-8-17-45(38)52-48(33)41)29-18-20-30(21-19-29)44-28-50-46-39-13-5-3-10-34(39)35-11-4-6-14-40(35)47(46)51-44/h3-22,24,26-28H,23,25H2,1-2H3. The highest BCUT2D eigenvalue weighted by Crippen LogP contribution is 2.53. The van der Waals surface area contributed by atoms with Gasteiger partial charge in [-0.1, -0.05) is 141 Å². The van der Waals surface area contributed by atoms with Crippen molar-refractivity contribution in [1.29, 1.82) is 0 Å². The maximum Gasteiger partial charge on any atom is 0.142 e. The number of para-hydroxylation sites is 2.